The third-order valence-corrected chi connectivity index (χ3v) is 3.55. The molecule has 0 amide bonds. The van der Waals surface area contributed by atoms with Crippen molar-refractivity contribution in [2.45, 2.75) is 6.92 Å². The van der Waals surface area contributed by atoms with E-state index in [2.05, 4.69) is 4.98 Å². The van der Waals surface area contributed by atoms with Crippen molar-refractivity contribution in [3.63, 3.8) is 0 Å². The minimum absolute atomic E-state index is 0.280. The number of halogens is 1. The smallest absolute Gasteiger partial charge is 0.140 e. The van der Waals surface area contributed by atoms with Crippen LogP contribution in [-0.2, 0) is 7.05 Å². The van der Waals surface area contributed by atoms with E-state index in [9.17, 15) is 5.11 Å². The van der Waals surface area contributed by atoms with Gasteiger partial charge in [0.05, 0.1) is 11.0 Å². The second-order valence-electron chi connectivity index (χ2n) is 4.63. The predicted molar refractivity (Wildman–Crippen MR) is 77.6 cm³/mol. The van der Waals surface area contributed by atoms with Crippen molar-refractivity contribution in [1.82, 2.24) is 9.55 Å². The first-order valence-electron chi connectivity index (χ1n) is 5.98. The number of nitrogens with zero attached hydrogens (tertiary/aromatic N) is 2. The second-order valence-corrected chi connectivity index (χ2v) is 5.07. The molecule has 1 heterocycles. The van der Waals surface area contributed by atoms with Crippen molar-refractivity contribution in [3.05, 3.63) is 47.0 Å². The Morgan fingerprint density at radius 1 is 1.16 bits per heavy atom. The molecule has 0 radical (unpaired) electrons. The molecule has 0 fully saturated rings. The molecule has 0 aliphatic heterocycles. The summed E-state index contributed by atoms with van der Waals surface area (Å²) in [6.45, 7) is 1.87. The number of phenols is 1. The molecule has 4 heteroatoms. The summed E-state index contributed by atoms with van der Waals surface area (Å²) in [5.74, 6) is 1.09. The highest BCUT2D eigenvalue weighted by Crippen LogP contribution is 2.28. The molecular weight excluding hydrogens is 260 g/mol. The summed E-state index contributed by atoms with van der Waals surface area (Å²) >= 11 is 6.01. The number of aryl methyl sites for hydroxylation is 2. The molecule has 3 aromatic rings. The van der Waals surface area contributed by atoms with Gasteiger partial charge in [-0.1, -0.05) is 23.7 Å². The number of rotatable bonds is 1. The number of aromatic nitrogens is 2. The van der Waals surface area contributed by atoms with E-state index in [1.165, 1.54) is 0 Å². The highest BCUT2D eigenvalue weighted by molar-refractivity contribution is 6.31. The van der Waals surface area contributed by atoms with Gasteiger partial charge in [0.25, 0.3) is 0 Å². The van der Waals surface area contributed by atoms with Crippen LogP contribution in [0, 0.1) is 6.92 Å². The van der Waals surface area contributed by atoms with Crippen molar-refractivity contribution in [3.8, 4) is 17.1 Å². The number of phenolic OH excluding ortho intramolecular Hbond substituents is 1. The monoisotopic (exact) mass is 272 g/mol. The number of aromatic hydroxyl groups is 1. The molecule has 0 saturated carbocycles. The molecule has 0 bridgehead atoms. The van der Waals surface area contributed by atoms with E-state index < -0.39 is 0 Å². The summed E-state index contributed by atoms with van der Waals surface area (Å²) in [7, 11) is 1.94. The maximum absolute atomic E-state index is 9.81. The molecule has 3 nitrogen and oxygen atoms in total. The lowest BCUT2D eigenvalue weighted by Crippen LogP contribution is -1.92. The van der Waals surface area contributed by atoms with Gasteiger partial charge in [0.15, 0.2) is 0 Å². The zero-order chi connectivity index (χ0) is 13.6. The average molecular weight is 273 g/mol. The molecule has 0 atom stereocenters. The lowest BCUT2D eigenvalue weighted by atomic mass is 10.1. The van der Waals surface area contributed by atoms with Crippen LogP contribution in [0.15, 0.2) is 36.4 Å². The summed E-state index contributed by atoms with van der Waals surface area (Å²) < 4.78 is 1.98. The van der Waals surface area contributed by atoms with Gasteiger partial charge in [-0.15, -0.1) is 0 Å². The van der Waals surface area contributed by atoms with Gasteiger partial charge >= 0.3 is 0 Å². The van der Waals surface area contributed by atoms with Gasteiger partial charge in [-0.05, 0) is 36.8 Å². The molecule has 0 aliphatic carbocycles. The van der Waals surface area contributed by atoms with Crippen LogP contribution < -0.4 is 0 Å². The topological polar surface area (TPSA) is 38.0 Å². The average Bonchev–Trinajstić information content (AvgIpc) is 2.70. The Hall–Kier alpha value is -2.00. The first-order chi connectivity index (χ1) is 9.06. The first kappa shape index (κ1) is 12.1. The Morgan fingerprint density at radius 3 is 2.68 bits per heavy atom. The number of hydrogen-bond donors (Lipinski definition) is 1. The molecule has 0 unspecified atom stereocenters. The molecule has 0 saturated heterocycles. The fourth-order valence-electron chi connectivity index (χ4n) is 2.17. The van der Waals surface area contributed by atoms with E-state index in [4.69, 9.17) is 11.6 Å². The standard InChI is InChI=1S/C15H13ClN2O/c1-9-3-4-10(7-14(9)19)15-17-12-6-5-11(16)8-13(12)18(15)2/h3-8,19H,1-2H3. The first-order valence-corrected chi connectivity index (χ1v) is 6.36. The molecule has 96 valence electrons. The van der Waals surface area contributed by atoms with E-state index >= 15 is 0 Å². The van der Waals surface area contributed by atoms with Crippen LogP contribution in [0.4, 0.5) is 0 Å². The van der Waals surface area contributed by atoms with Crippen LogP contribution >= 0.6 is 11.6 Å². The fraction of sp³-hybridized carbons (Fsp3) is 0.133. The highest BCUT2D eigenvalue weighted by atomic mass is 35.5. The number of benzene rings is 2. The largest absolute Gasteiger partial charge is 0.508 e. The number of hydrogen-bond acceptors (Lipinski definition) is 2. The quantitative estimate of drug-likeness (QED) is 0.729. The van der Waals surface area contributed by atoms with Gasteiger partial charge in [0, 0.05) is 17.6 Å². The van der Waals surface area contributed by atoms with Crippen molar-refractivity contribution in [2.24, 2.45) is 7.05 Å². The summed E-state index contributed by atoms with van der Waals surface area (Å²) in [5, 5.41) is 10.5. The van der Waals surface area contributed by atoms with Gasteiger partial charge in [-0.25, -0.2) is 4.98 Å². The zero-order valence-electron chi connectivity index (χ0n) is 10.7. The van der Waals surface area contributed by atoms with Crippen molar-refractivity contribution < 1.29 is 5.11 Å². The Labute approximate surface area is 116 Å². The van der Waals surface area contributed by atoms with Gasteiger partial charge in [0.1, 0.15) is 11.6 Å². The van der Waals surface area contributed by atoms with Crippen LogP contribution in [0.25, 0.3) is 22.4 Å². The Kier molecular flexibility index (Phi) is 2.72. The third kappa shape index (κ3) is 1.96. The molecule has 0 aliphatic rings. The summed E-state index contributed by atoms with van der Waals surface area (Å²) in [4.78, 5) is 4.59. The van der Waals surface area contributed by atoms with Crippen LogP contribution in [0.1, 0.15) is 5.56 Å². The molecule has 1 aromatic heterocycles. The van der Waals surface area contributed by atoms with Crippen molar-refractivity contribution >= 4 is 22.6 Å². The van der Waals surface area contributed by atoms with Crippen LogP contribution in [0.3, 0.4) is 0 Å². The molecule has 2 aromatic carbocycles. The van der Waals surface area contributed by atoms with Gasteiger partial charge in [0.2, 0.25) is 0 Å². The minimum Gasteiger partial charge on any atom is -0.508 e. The van der Waals surface area contributed by atoms with Crippen LogP contribution in [0.5, 0.6) is 5.75 Å². The summed E-state index contributed by atoms with van der Waals surface area (Å²) in [6, 6.07) is 11.2. The van der Waals surface area contributed by atoms with Crippen molar-refractivity contribution in [1.29, 1.82) is 0 Å². The SMILES string of the molecule is Cc1ccc(-c2nc3ccc(Cl)cc3n2C)cc1O. The predicted octanol–water partition coefficient (Wildman–Crippen LogP) is 3.91. The Morgan fingerprint density at radius 2 is 1.95 bits per heavy atom. The van der Waals surface area contributed by atoms with Gasteiger partial charge in [-0.3, -0.25) is 0 Å². The Bertz CT molecular complexity index is 777. The molecule has 1 N–H and O–H groups in total. The molecular formula is C15H13ClN2O. The van der Waals surface area contributed by atoms with Crippen molar-refractivity contribution in [2.75, 3.05) is 0 Å². The van der Waals surface area contributed by atoms with E-state index in [1.807, 2.05) is 48.9 Å². The number of imidazole rings is 1. The van der Waals surface area contributed by atoms with Crippen LogP contribution in [-0.4, -0.2) is 14.7 Å². The van der Waals surface area contributed by atoms with E-state index in [-0.39, 0.29) is 5.75 Å². The Balaban J connectivity index is 2.24. The maximum atomic E-state index is 9.81. The highest BCUT2D eigenvalue weighted by Gasteiger charge is 2.11. The van der Waals surface area contributed by atoms with Gasteiger partial charge < -0.3 is 9.67 Å². The minimum atomic E-state index is 0.280. The fourth-order valence-corrected chi connectivity index (χ4v) is 2.34. The van der Waals surface area contributed by atoms with Gasteiger partial charge in [-0.2, -0.15) is 0 Å². The summed E-state index contributed by atoms with van der Waals surface area (Å²) in [5.41, 5.74) is 3.60. The summed E-state index contributed by atoms with van der Waals surface area (Å²) in [6.07, 6.45) is 0. The normalized spacial score (nSPS) is 11.1. The van der Waals surface area contributed by atoms with E-state index in [1.54, 1.807) is 6.07 Å². The second kappa shape index (κ2) is 4.28. The number of fused-ring (bicyclic) bond motifs is 1. The van der Waals surface area contributed by atoms with E-state index in [0.29, 0.717) is 5.02 Å². The lowest BCUT2D eigenvalue weighted by Gasteiger charge is -2.05. The lowest BCUT2D eigenvalue weighted by molar-refractivity contribution is 0.471. The van der Waals surface area contributed by atoms with E-state index in [0.717, 1.165) is 28.0 Å². The zero-order valence-corrected chi connectivity index (χ0v) is 11.4. The van der Waals surface area contributed by atoms with Crippen LogP contribution in [0.2, 0.25) is 5.02 Å². The molecule has 0 spiro atoms. The maximum Gasteiger partial charge on any atom is 0.140 e. The molecule has 3 rings (SSSR count). The third-order valence-electron chi connectivity index (χ3n) is 3.31. The molecule has 19 heavy (non-hydrogen) atoms.